The van der Waals surface area contributed by atoms with Crippen LogP contribution in [-0.2, 0) is 6.42 Å². The van der Waals surface area contributed by atoms with E-state index in [0.29, 0.717) is 16.5 Å². The Bertz CT molecular complexity index is 921. The van der Waals surface area contributed by atoms with Gasteiger partial charge in [-0.2, -0.15) is 0 Å². The predicted molar refractivity (Wildman–Crippen MR) is 105 cm³/mol. The van der Waals surface area contributed by atoms with Crippen LogP contribution in [0.1, 0.15) is 22.6 Å². The van der Waals surface area contributed by atoms with Crippen LogP contribution in [0.5, 0.6) is 11.5 Å². The molecule has 0 radical (unpaired) electrons. The van der Waals surface area contributed by atoms with E-state index in [0.717, 1.165) is 25.1 Å². The van der Waals surface area contributed by atoms with Crippen LogP contribution >= 0.6 is 22.9 Å². The smallest absolute Gasteiger partial charge is 0.179 e. The number of methoxy groups -OCH3 is 2. The molecule has 1 N–H and O–H groups in total. The van der Waals surface area contributed by atoms with Crippen molar-refractivity contribution in [2.24, 2.45) is 0 Å². The van der Waals surface area contributed by atoms with Gasteiger partial charge in [0.2, 0.25) is 0 Å². The van der Waals surface area contributed by atoms with Gasteiger partial charge in [0, 0.05) is 17.2 Å². The van der Waals surface area contributed by atoms with Crippen LogP contribution in [0.2, 0.25) is 5.02 Å². The van der Waals surface area contributed by atoms with Crippen LogP contribution in [0.4, 0.5) is 0 Å². The van der Waals surface area contributed by atoms with Crippen LogP contribution in [0, 0.1) is 0 Å². The Kier molecular flexibility index (Phi) is 4.59. The first kappa shape index (κ1) is 16.7. The molecule has 3 aromatic rings. The summed E-state index contributed by atoms with van der Waals surface area (Å²) in [7, 11) is 3.29. The number of fused-ring (bicyclic) bond motifs is 2. The SMILES string of the molecule is COc1cc2c(c(Cl)c1OC)CCNCC2c1cccc2ccsc12. The summed E-state index contributed by atoms with van der Waals surface area (Å²) in [6.45, 7) is 1.79. The summed E-state index contributed by atoms with van der Waals surface area (Å²) in [4.78, 5) is 0. The van der Waals surface area contributed by atoms with Crippen molar-refractivity contribution < 1.29 is 9.47 Å². The molecule has 2 aromatic carbocycles. The maximum atomic E-state index is 6.70. The van der Waals surface area contributed by atoms with Crippen molar-refractivity contribution >= 4 is 33.0 Å². The minimum atomic E-state index is 0.233. The molecule has 3 nitrogen and oxygen atoms in total. The van der Waals surface area contributed by atoms with Crippen molar-refractivity contribution in [2.75, 3.05) is 27.3 Å². The van der Waals surface area contributed by atoms with Gasteiger partial charge in [0.05, 0.1) is 19.2 Å². The standard InChI is InChI=1S/C20H20ClNO2S/c1-23-17-10-15-13(18(21)19(17)24-2)6-8-22-11-16(15)14-5-3-4-12-7-9-25-20(12)14/h3-5,7,9-10,16,22H,6,8,11H2,1-2H3. The molecular formula is C20H20ClNO2S. The van der Waals surface area contributed by atoms with Gasteiger partial charge in [-0.1, -0.05) is 29.8 Å². The Morgan fingerprint density at radius 1 is 1.16 bits per heavy atom. The Morgan fingerprint density at radius 2 is 2.04 bits per heavy atom. The summed E-state index contributed by atoms with van der Waals surface area (Å²) < 4.78 is 12.4. The molecular weight excluding hydrogens is 354 g/mol. The summed E-state index contributed by atoms with van der Waals surface area (Å²) in [5.74, 6) is 1.55. The van der Waals surface area contributed by atoms with Crippen LogP contribution in [-0.4, -0.2) is 27.3 Å². The maximum absolute atomic E-state index is 6.70. The molecule has 0 fully saturated rings. The molecule has 1 atom stereocenters. The normalized spacial score (nSPS) is 17.2. The maximum Gasteiger partial charge on any atom is 0.179 e. The average molecular weight is 374 g/mol. The van der Waals surface area contributed by atoms with Gasteiger partial charge in [0.1, 0.15) is 0 Å². The molecule has 1 aliphatic heterocycles. The zero-order chi connectivity index (χ0) is 17.4. The van der Waals surface area contributed by atoms with Gasteiger partial charge in [0.15, 0.2) is 11.5 Å². The monoisotopic (exact) mass is 373 g/mol. The van der Waals surface area contributed by atoms with E-state index >= 15 is 0 Å². The van der Waals surface area contributed by atoms with E-state index in [9.17, 15) is 0 Å². The first-order chi connectivity index (χ1) is 12.2. The Labute approximate surface area is 156 Å². The molecule has 0 amide bonds. The molecule has 4 rings (SSSR count). The van der Waals surface area contributed by atoms with Crippen molar-refractivity contribution in [1.82, 2.24) is 5.32 Å². The average Bonchev–Trinajstić information content (AvgIpc) is 3.01. The van der Waals surface area contributed by atoms with Crippen LogP contribution in [0.25, 0.3) is 10.1 Å². The van der Waals surface area contributed by atoms with E-state index in [4.69, 9.17) is 21.1 Å². The van der Waals surface area contributed by atoms with E-state index < -0.39 is 0 Å². The predicted octanol–water partition coefficient (Wildman–Crippen LogP) is 4.85. The van der Waals surface area contributed by atoms with Crippen molar-refractivity contribution in [3.63, 3.8) is 0 Å². The van der Waals surface area contributed by atoms with E-state index in [1.54, 1.807) is 25.6 Å². The van der Waals surface area contributed by atoms with Crippen molar-refractivity contribution in [2.45, 2.75) is 12.3 Å². The second kappa shape index (κ2) is 6.87. The van der Waals surface area contributed by atoms with Gasteiger partial charge in [-0.05, 0) is 52.6 Å². The molecule has 130 valence electrons. The van der Waals surface area contributed by atoms with E-state index in [-0.39, 0.29) is 5.92 Å². The molecule has 2 heterocycles. The van der Waals surface area contributed by atoms with Gasteiger partial charge >= 0.3 is 0 Å². The molecule has 0 saturated carbocycles. The zero-order valence-corrected chi connectivity index (χ0v) is 15.8. The fourth-order valence-electron chi connectivity index (χ4n) is 3.71. The fraction of sp³-hybridized carbons (Fsp3) is 0.300. The number of hydrogen-bond donors (Lipinski definition) is 1. The number of thiophene rings is 1. The molecule has 0 bridgehead atoms. The first-order valence-electron chi connectivity index (χ1n) is 8.34. The lowest BCUT2D eigenvalue weighted by atomic mass is 9.87. The molecule has 1 aliphatic rings. The van der Waals surface area contributed by atoms with Gasteiger partial charge in [-0.15, -0.1) is 11.3 Å². The second-order valence-electron chi connectivity index (χ2n) is 6.19. The Morgan fingerprint density at radius 3 is 2.84 bits per heavy atom. The van der Waals surface area contributed by atoms with Crippen LogP contribution in [0.3, 0.4) is 0 Å². The lowest BCUT2D eigenvalue weighted by molar-refractivity contribution is 0.354. The highest BCUT2D eigenvalue weighted by Gasteiger charge is 2.27. The highest BCUT2D eigenvalue weighted by molar-refractivity contribution is 7.17. The van der Waals surface area contributed by atoms with E-state index in [1.165, 1.54) is 21.2 Å². The molecule has 1 unspecified atom stereocenters. The number of nitrogens with one attached hydrogen (secondary N) is 1. The molecule has 25 heavy (non-hydrogen) atoms. The van der Waals surface area contributed by atoms with Crippen molar-refractivity contribution in [3.8, 4) is 11.5 Å². The lowest BCUT2D eigenvalue weighted by Gasteiger charge is -2.22. The summed E-state index contributed by atoms with van der Waals surface area (Å²) in [6.07, 6.45) is 0.880. The topological polar surface area (TPSA) is 30.5 Å². The largest absolute Gasteiger partial charge is 0.493 e. The highest BCUT2D eigenvalue weighted by Crippen LogP contribution is 2.45. The van der Waals surface area contributed by atoms with Crippen LogP contribution in [0.15, 0.2) is 35.7 Å². The molecule has 0 aliphatic carbocycles. The lowest BCUT2D eigenvalue weighted by Crippen LogP contribution is -2.20. The van der Waals surface area contributed by atoms with Gasteiger partial charge in [0.25, 0.3) is 0 Å². The number of ether oxygens (including phenoxy) is 2. The quantitative estimate of drug-likeness (QED) is 0.711. The van der Waals surface area contributed by atoms with Crippen molar-refractivity contribution in [3.05, 3.63) is 57.4 Å². The zero-order valence-electron chi connectivity index (χ0n) is 14.3. The van der Waals surface area contributed by atoms with Gasteiger partial charge < -0.3 is 14.8 Å². The fourth-order valence-corrected chi connectivity index (χ4v) is 5.05. The highest BCUT2D eigenvalue weighted by atomic mass is 35.5. The summed E-state index contributed by atoms with van der Waals surface area (Å²) in [5, 5.41) is 7.68. The number of rotatable bonds is 3. The molecule has 0 spiro atoms. The third-order valence-corrected chi connectivity index (χ3v) is 6.29. The van der Waals surface area contributed by atoms with Crippen molar-refractivity contribution in [1.29, 1.82) is 0 Å². The Hall–Kier alpha value is -1.75. The molecule has 0 saturated heterocycles. The number of hydrogen-bond acceptors (Lipinski definition) is 4. The summed E-state index contributed by atoms with van der Waals surface area (Å²) in [5.41, 5.74) is 3.72. The van der Waals surface area contributed by atoms with E-state index in [1.807, 2.05) is 0 Å². The molecule has 1 aromatic heterocycles. The second-order valence-corrected chi connectivity index (χ2v) is 7.48. The Balaban J connectivity index is 1.95. The van der Waals surface area contributed by atoms with E-state index in [2.05, 4.69) is 41.0 Å². The van der Waals surface area contributed by atoms with Gasteiger partial charge in [-0.25, -0.2) is 0 Å². The molecule has 5 heteroatoms. The summed E-state index contributed by atoms with van der Waals surface area (Å²) >= 11 is 8.50. The number of halogens is 1. The third kappa shape index (κ3) is 2.78. The minimum absolute atomic E-state index is 0.233. The minimum Gasteiger partial charge on any atom is -0.493 e. The number of benzene rings is 2. The summed E-state index contributed by atoms with van der Waals surface area (Å²) in [6, 6.07) is 10.8. The third-order valence-electron chi connectivity index (χ3n) is 4.91. The first-order valence-corrected chi connectivity index (χ1v) is 9.60. The van der Waals surface area contributed by atoms with Crippen LogP contribution < -0.4 is 14.8 Å². The van der Waals surface area contributed by atoms with Gasteiger partial charge in [-0.3, -0.25) is 0 Å².